The first-order chi connectivity index (χ1) is 16.6. The number of ether oxygens (including phenoxy) is 2. The minimum absolute atomic E-state index is 0.0152. The van der Waals surface area contributed by atoms with Gasteiger partial charge in [0.1, 0.15) is 34.8 Å². The molecule has 0 saturated carbocycles. The van der Waals surface area contributed by atoms with Gasteiger partial charge in [0.25, 0.3) is 0 Å². The van der Waals surface area contributed by atoms with Crippen LogP contribution in [0.15, 0.2) is 60.7 Å². The van der Waals surface area contributed by atoms with Gasteiger partial charge in [-0.3, -0.25) is 4.79 Å². The summed E-state index contributed by atoms with van der Waals surface area (Å²) < 4.78 is 11.9. The van der Waals surface area contributed by atoms with Gasteiger partial charge < -0.3 is 19.5 Å². The Morgan fingerprint density at radius 1 is 0.971 bits per heavy atom. The van der Waals surface area contributed by atoms with Crippen LogP contribution in [0.2, 0.25) is 5.02 Å². The summed E-state index contributed by atoms with van der Waals surface area (Å²) in [4.78, 5) is 14.4. The Kier molecular flexibility index (Phi) is 6.22. The number of carboxylic acids is 1. The van der Waals surface area contributed by atoms with Crippen LogP contribution in [0, 0.1) is 0 Å². The minimum atomic E-state index is -0.825. The molecule has 9 heteroatoms. The molecule has 0 saturated heterocycles. The van der Waals surface area contributed by atoms with E-state index in [4.69, 9.17) is 26.2 Å². The van der Waals surface area contributed by atoms with Gasteiger partial charge in [0.15, 0.2) is 0 Å². The summed E-state index contributed by atoms with van der Waals surface area (Å²) in [6.07, 6.45) is 1.50. The maximum Gasteiger partial charge on any atom is 0.323 e. The summed E-state index contributed by atoms with van der Waals surface area (Å²) in [5.41, 5.74) is 4.34. The molecule has 0 radical (unpaired) electrons. The second kappa shape index (κ2) is 9.61. The van der Waals surface area contributed by atoms with E-state index < -0.39 is 5.97 Å². The topological polar surface area (TPSA) is 89.7 Å². The van der Waals surface area contributed by atoms with E-state index in [2.05, 4.69) is 10.2 Å². The number of anilines is 1. The molecule has 0 amide bonds. The van der Waals surface area contributed by atoms with Crippen molar-refractivity contribution in [3.05, 3.63) is 71.2 Å². The molecule has 2 heterocycles. The van der Waals surface area contributed by atoms with Crippen molar-refractivity contribution in [2.24, 2.45) is 0 Å². The highest BCUT2D eigenvalue weighted by Crippen LogP contribution is 2.31. The Morgan fingerprint density at radius 3 is 2.50 bits per heavy atom. The van der Waals surface area contributed by atoms with Gasteiger partial charge in [-0.2, -0.15) is 0 Å². The van der Waals surface area contributed by atoms with E-state index in [9.17, 15) is 4.79 Å². The zero-order chi connectivity index (χ0) is 23.5. The van der Waals surface area contributed by atoms with Crippen molar-refractivity contribution in [3.63, 3.8) is 0 Å². The molecule has 8 nitrogen and oxygen atoms in total. The number of halogens is 1. The number of aliphatic carboxylic acids is 1. The van der Waals surface area contributed by atoms with E-state index in [1.165, 1.54) is 0 Å². The summed E-state index contributed by atoms with van der Waals surface area (Å²) >= 11 is 6.21. The number of carboxylic acid groups (broad SMARTS) is 1. The number of fused-ring (bicyclic) bond motifs is 2. The Bertz CT molecular complexity index is 1310. The third-order valence-electron chi connectivity index (χ3n) is 5.61. The predicted molar refractivity (Wildman–Crippen MR) is 129 cm³/mol. The predicted octanol–water partition coefficient (Wildman–Crippen LogP) is 4.37. The normalized spacial score (nSPS) is 12.7. The van der Waals surface area contributed by atoms with Gasteiger partial charge in [0, 0.05) is 23.7 Å². The fourth-order valence-corrected chi connectivity index (χ4v) is 4.20. The van der Waals surface area contributed by atoms with Gasteiger partial charge in [-0.15, -0.1) is 15.0 Å². The van der Waals surface area contributed by atoms with E-state index in [0.29, 0.717) is 42.6 Å². The van der Waals surface area contributed by atoms with Crippen molar-refractivity contribution in [2.45, 2.75) is 12.8 Å². The SMILES string of the molecule is O=C(O)CN1CCc2cc(OCCCOc3ccc(Cl)cc3-n3nc4ccccc4n3)ccc21. The number of aromatic nitrogens is 3. The number of nitrogens with zero attached hydrogens (tertiary/aromatic N) is 4. The number of hydrogen-bond acceptors (Lipinski definition) is 6. The van der Waals surface area contributed by atoms with Crippen LogP contribution in [-0.2, 0) is 11.2 Å². The molecule has 0 atom stereocenters. The Hall–Kier alpha value is -3.78. The smallest absolute Gasteiger partial charge is 0.323 e. The number of rotatable bonds is 9. The van der Waals surface area contributed by atoms with E-state index >= 15 is 0 Å². The highest BCUT2D eigenvalue weighted by atomic mass is 35.5. The zero-order valence-electron chi connectivity index (χ0n) is 18.4. The molecule has 1 aliphatic heterocycles. The van der Waals surface area contributed by atoms with Crippen LogP contribution in [0.5, 0.6) is 11.5 Å². The highest BCUT2D eigenvalue weighted by Gasteiger charge is 2.21. The van der Waals surface area contributed by atoms with Crippen LogP contribution in [0.25, 0.3) is 16.7 Å². The molecule has 5 rings (SSSR count). The quantitative estimate of drug-likeness (QED) is 0.357. The fraction of sp³-hybridized carbons (Fsp3) is 0.240. The average Bonchev–Trinajstić information content (AvgIpc) is 3.43. The van der Waals surface area contributed by atoms with Crippen LogP contribution in [-0.4, -0.2) is 52.4 Å². The molecule has 4 aromatic rings. The molecule has 0 unspecified atom stereocenters. The lowest BCUT2D eigenvalue weighted by molar-refractivity contribution is -0.135. The molecule has 1 N–H and O–H groups in total. The van der Waals surface area contributed by atoms with Crippen molar-refractivity contribution >= 4 is 34.3 Å². The molecular formula is C25H23ClN4O4. The maximum absolute atomic E-state index is 11.0. The molecule has 1 aliphatic rings. The standard InChI is InChI=1S/C25H23ClN4O4/c26-18-6-9-24(23(15-18)30-27-20-4-1-2-5-21(20)28-30)34-13-3-12-33-19-7-8-22-17(14-19)10-11-29(22)16-25(31)32/h1-2,4-9,14-15H,3,10-13,16H2,(H,31,32). The monoisotopic (exact) mass is 478 g/mol. The van der Waals surface area contributed by atoms with Crippen LogP contribution < -0.4 is 14.4 Å². The second-order valence-electron chi connectivity index (χ2n) is 8.00. The lowest BCUT2D eigenvalue weighted by Gasteiger charge is -2.16. The Balaban J connectivity index is 1.18. The van der Waals surface area contributed by atoms with Crippen molar-refractivity contribution in [3.8, 4) is 17.2 Å². The number of benzene rings is 3. The number of carbonyl (C=O) groups is 1. The first kappa shape index (κ1) is 22.0. The van der Waals surface area contributed by atoms with Gasteiger partial charge in [-0.05, 0) is 60.5 Å². The van der Waals surface area contributed by atoms with E-state index in [1.54, 1.807) is 16.9 Å². The summed E-state index contributed by atoms with van der Waals surface area (Å²) in [5, 5.41) is 18.7. The maximum atomic E-state index is 11.0. The van der Waals surface area contributed by atoms with Crippen LogP contribution in [0.3, 0.4) is 0 Å². The van der Waals surface area contributed by atoms with E-state index in [1.807, 2.05) is 53.4 Å². The third-order valence-corrected chi connectivity index (χ3v) is 5.84. The summed E-state index contributed by atoms with van der Waals surface area (Å²) in [5.74, 6) is 0.588. The van der Waals surface area contributed by atoms with E-state index in [-0.39, 0.29) is 6.54 Å². The molecule has 3 aromatic carbocycles. The van der Waals surface area contributed by atoms with Crippen molar-refractivity contribution in [1.82, 2.24) is 15.0 Å². The number of hydrogen-bond donors (Lipinski definition) is 1. The first-order valence-corrected chi connectivity index (χ1v) is 11.4. The molecule has 1 aromatic heterocycles. The average molecular weight is 479 g/mol. The van der Waals surface area contributed by atoms with Crippen LogP contribution >= 0.6 is 11.6 Å². The second-order valence-corrected chi connectivity index (χ2v) is 8.43. The highest BCUT2D eigenvalue weighted by molar-refractivity contribution is 6.30. The van der Waals surface area contributed by atoms with Gasteiger partial charge in [0.2, 0.25) is 0 Å². The van der Waals surface area contributed by atoms with Crippen LogP contribution in [0.1, 0.15) is 12.0 Å². The van der Waals surface area contributed by atoms with Crippen LogP contribution in [0.4, 0.5) is 5.69 Å². The zero-order valence-corrected chi connectivity index (χ0v) is 19.1. The minimum Gasteiger partial charge on any atom is -0.493 e. The van der Waals surface area contributed by atoms with Gasteiger partial charge in [0.05, 0.1) is 13.2 Å². The molecule has 0 spiro atoms. The molecule has 174 valence electrons. The third kappa shape index (κ3) is 4.77. The van der Waals surface area contributed by atoms with E-state index in [0.717, 1.165) is 34.5 Å². The van der Waals surface area contributed by atoms with Gasteiger partial charge in [-0.1, -0.05) is 23.7 Å². The van der Waals surface area contributed by atoms with Crippen molar-refractivity contribution in [1.29, 1.82) is 0 Å². The lowest BCUT2D eigenvalue weighted by Crippen LogP contribution is -2.27. The van der Waals surface area contributed by atoms with Crippen molar-refractivity contribution in [2.75, 3.05) is 31.2 Å². The molecule has 0 aliphatic carbocycles. The van der Waals surface area contributed by atoms with Gasteiger partial charge in [-0.25, -0.2) is 0 Å². The Labute approximate surface area is 201 Å². The summed E-state index contributed by atoms with van der Waals surface area (Å²) in [6, 6.07) is 18.8. The molecule has 0 bridgehead atoms. The first-order valence-electron chi connectivity index (χ1n) is 11.0. The Morgan fingerprint density at radius 2 is 1.74 bits per heavy atom. The largest absolute Gasteiger partial charge is 0.493 e. The fourth-order valence-electron chi connectivity index (χ4n) is 4.03. The molecule has 34 heavy (non-hydrogen) atoms. The van der Waals surface area contributed by atoms with Crippen molar-refractivity contribution < 1.29 is 19.4 Å². The summed E-state index contributed by atoms with van der Waals surface area (Å²) in [6.45, 7) is 1.67. The summed E-state index contributed by atoms with van der Waals surface area (Å²) in [7, 11) is 0. The molecular weight excluding hydrogens is 456 g/mol. The molecule has 0 fully saturated rings. The van der Waals surface area contributed by atoms with Gasteiger partial charge >= 0.3 is 5.97 Å². The lowest BCUT2D eigenvalue weighted by atomic mass is 10.1.